The van der Waals surface area contributed by atoms with Crippen molar-refractivity contribution in [1.82, 2.24) is 4.98 Å². The molecule has 0 saturated carbocycles. The molecule has 5 heteroatoms. The number of aromatic nitrogens is 1. The summed E-state index contributed by atoms with van der Waals surface area (Å²) < 4.78 is 29.8. The highest BCUT2D eigenvalue weighted by Gasteiger charge is 2.18. The highest BCUT2D eigenvalue weighted by atomic mass is 32.2. The Morgan fingerprint density at radius 2 is 1.50 bits per heavy atom. The van der Waals surface area contributed by atoms with Gasteiger partial charge in [0.1, 0.15) is 5.69 Å². The first-order valence-corrected chi connectivity index (χ1v) is 11.6. The van der Waals surface area contributed by atoms with E-state index in [1.165, 1.54) is 17.4 Å². The molecule has 1 aromatic heterocycles. The van der Waals surface area contributed by atoms with Crippen molar-refractivity contribution in [3.8, 4) is 22.6 Å². The first-order valence-electron chi connectivity index (χ1n) is 9.73. The molecular weight excluding hydrogens is 394 g/mol. The zero-order chi connectivity index (χ0) is 21.3. The van der Waals surface area contributed by atoms with Crippen LogP contribution in [0.2, 0.25) is 0 Å². The molecule has 0 aliphatic carbocycles. The number of aryl methyl sites for hydroxylation is 2. The monoisotopic (exact) mass is 417 g/mol. The Balaban J connectivity index is 1.81. The lowest BCUT2D eigenvalue weighted by Crippen LogP contribution is -1.96. The minimum absolute atomic E-state index is 0.281. The fourth-order valence-corrected chi connectivity index (χ4v) is 3.97. The van der Waals surface area contributed by atoms with Crippen LogP contribution in [0.3, 0.4) is 0 Å². The summed E-state index contributed by atoms with van der Waals surface area (Å²) in [6.45, 7) is 4.15. The van der Waals surface area contributed by atoms with Crippen molar-refractivity contribution < 1.29 is 12.8 Å². The predicted molar refractivity (Wildman–Crippen MR) is 119 cm³/mol. The Bertz CT molecular complexity index is 1290. The van der Waals surface area contributed by atoms with Gasteiger partial charge in [-0.1, -0.05) is 42.5 Å². The fourth-order valence-electron chi connectivity index (χ4n) is 3.34. The molecule has 0 fully saturated rings. The van der Waals surface area contributed by atoms with Crippen molar-refractivity contribution in [3.63, 3.8) is 0 Å². The molecule has 4 aromatic rings. The first-order chi connectivity index (χ1) is 14.3. The van der Waals surface area contributed by atoms with E-state index in [1.54, 1.807) is 24.3 Å². The quantitative estimate of drug-likeness (QED) is 0.423. The van der Waals surface area contributed by atoms with Crippen LogP contribution in [0.5, 0.6) is 0 Å². The molecule has 152 valence electrons. The second-order valence-corrected chi connectivity index (χ2v) is 9.56. The van der Waals surface area contributed by atoms with Gasteiger partial charge in [-0.2, -0.15) is 0 Å². The molecule has 0 atom stereocenters. The number of hydrogen-bond donors (Lipinski definition) is 0. The molecule has 1 heterocycles. The molecule has 4 nitrogen and oxygen atoms in total. The molecule has 0 amide bonds. The van der Waals surface area contributed by atoms with E-state index >= 15 is 0 Å². The van der Waals surface area contributed by atoms with Crippen molar-refractivity contribution in [2.45, 2.75) is 25.2 Å². The van der Waals surface area contributed by atoms with Gasteiger partial charge in [0.25, 0.3) is 0 Å². The van der Waals surface area contributed by atoms with Gasteiger partial charge in [-0.05, 0) is 60.9 Å². The van der Waals surface area contributed by atoms with Crippen LogP contribution in [0, 0.1) is 13.8 Å². The van der Waals surface area contributed by atoms with Crippen molar-refractivity contribution in [2.24, 2.45) is 0 Å². The number of nitrogens with zero attached hydrogens (tertiary/aromatic N) is 1. The smallest absolute Gasteiger partial charge is 0.199 e. The minimum atomic E-state index is -3.26. The van der Waals surface area contributed by atoms with Gasteiger partial charge >= 0.3 is 0 Å². The third-order valence-electron chi connectivity index (χ3n) is 5.19. The van der Waals surface area contributed by atoms with E-state index in [0.29, 0.717) is 18.1 Å². The molecule has 4 rings (SSSR count). The van der Waals surface area contributed by atoms with Gasteiger partial charge in [-0.25, -0.2) is 13.4 Å². The Kier molecular flexibility index (Phi) is 5.31. The summed E-state index contributed by atoms with van der Waals surface area (Å²) in [5.41, 5.74) is 6.04. The minimum Gasteiger partial charge on any atom is -0.440 e. The van der Waals surface area contributed by atoms with Crippen LogP contribution in [-0.2, 0) is 16.3 Å². The topological polar surface area (TPSA) is 60.2 Å². The average Bonchev–Trinajstić information content (AvgIpc) is 3.14. The summed E-state index contributed by atoms with van der Waals surface area (Å²) in [5.74, 6) is 1.26. The third kappa shape index (κ3) is 4.21. The maximum Gasteiger partial charge on any atom is 0.199 e. The second kappa shape index (κ2) is 7.92. The average molecular weight is 418 g/mol. The van der Waals surface area contributed by atoms with E-state index in [1.807, 2.05) is 36.4 Å². The van der Waals surface area contributed by atoms with Gasteiger partial charge in [0.05, 0.1) is 4.90 Å². The predicted octanol–water partition coefficient (Wildman–Crippen LogP) is 5.62. The number of oxazole rings is 1. The van der Waals surface area contributed by atoms with Crippen molar-refractivity contribution in [2.75, 3.05) is 6.26 Å². The Hall–Kier alpha value is -3.18. The van der Waals surface area contributed by atoms with E-state index in [4.69, 9.17) is 9.40 Å². The van der Waals surface area contributed by atoms with Crippen molar-refractivity contribution in [3.05, 3.63) is 95.4 Å². The molecule has 0 bridgehead atoms. The maximum atomic E-state index is 11.8. The molecule has 0 saturated heterocycles. The Morgan fingerprint density at radius 1 is 0.833 bits per heavy atom. The number of rotatable bonds is 5. The molecule has 3 aromatic carbocycles. The van der Waals surface area contributed by atoms with Crippen LogP contribution < -0.4 is 0 Å². The van der Waals surface area contributed by atoms with Gasteiger partial charge in [0.2, 0.25) is 0 Å². The van der Waals surface area contributed by atoms with Crippen LogP contribution in [0.15, 0.2) is 82.1 Å². The van der Waals surface area contributed by atoms with Gasteiger partial charge < -0.3 is 4.42 Å². The van der Waals surface area contributed by atoms with Gasteiger partial charge in [-0.15, -0.1) is 0 Å². The molecule has 0 spiro atoms. The van der Waals surface area contributed by atoms with Gasteiger partial charge in [0, 0.05) is 23.8 Å². The molecule has 30 heavy (non-hydrogen) atoms. The number of sulfone groups is 1. The highest BCUT2D eigenvalue weighted by Crippen LogP contribution is 2.34. The standard InChI is InChI=1S/C25H23NO3S/c1-17-9-10-21(15-18(17)2)24-25(20-11-13-22(14-12-20)30(3,27)28)29-23(26-24)16-19-7-5-4-6-8-19/h4-15H,16H2,1-3H3. The number of hydrogen-bond acceptors (Lipinski definition) is 4. The molecule has 0 N–H and O–H groups in total. The third-order valence-corrected chi connectivity index (χ3v) is 6.32. The van der Waals surface area contributed by atoms with E-state index in [9.17, 15) is 8.42 Å². The summed E-state index contributed by atoms with van der Waals surface area (Å²) in [4.78, 5) is 5.09. The summed E-state index contributed by atoms with van der Waals surface area (Å²) in [5, 5.41) is 0. The van der Waals surface area contributed by atoms with Crippen molar-refractivity contribution in [1.29, 1.82) is 0 Å². The lowest BCUT2D eigenvalue weighted by molar-refractivity contribution is 0.519. The van der Waals surface area contributed by atoms with E-state index in [0.717, 1.165) is 22.4 Å². The SMILES string of the molecule is Cc1ccc(-c2nc(Cc3ccccc3)oc2-c2ccc(S(C)(=O)=O)cc2)cc1C. The van der Waals surface area contributed by atoms with Crippen LogP contribution in [-0.4, -0.2) is 19.7 Å². The molecule has 0 unspecified atom stereocenters. The molecular formula is C25H23NO3S. The van der Waals surface area contributed by atoms with Crippen LogP contribution in [0.25, 0.3) is 22.6 Å². The first kappa shape index (κ1) is 20.1. The Morgan fingerprint density at radius 3 is 2.13 bits per heavy atom. The summed E-state index contributed by atoms with van der Waals surface area (Å²) >= 11 is 0. The summed E-state index contributed by atoms with van der Waals surface area (Å²) in [6, 6.07) is 23.0. The summed E-state index contributed by atoms with van der Waals surface area (Å²) in [6.07, 6.45) is 1.79. The molecule has 0 aliphatic heterocycles. The lowest BCUT2D eigenvalue weighted by atomic mass is 10.0. The summed E-state index contributed by atoms with van der Waals surface area (Å²) in [7, 11) is -3.26. The largest absolute Gasteiger partial charge is 0.440 e. The fraction of sp³-hybridized carbons (Fsp3) is 0.160. The normalized spacial score (nSPS) is 11.6. The Labute approximate surface area is 177 Å². The van der Waals surface area contributed by atoms with Crippen LogP contribution in [0.4, 0.5) is 0 Å². The molecule has 0 radical (unpaired) electrons. The van der Waals surface area contributed by atoms with Gasteiger partial charge in [-0.3, -0.25) is 0 Å². The van der Waals surface area contributed by atoms with Crippen molar-refractivity contribution >= 4 is 9.84 Å². The second-order valence-electron chi connectivity index (χ2n) is 7.54. The zero-order valence-corrected chi connectivity index (χ0v) is 18.0. The van der Waals surface area contributed by atoms with E-state index in [2.05, 4.69) is 26.0 Å². The van der Waals surface area contributed by atoms with Crippen LogP contribution in [0.1, 0.15) is 22.6 Å². The van der Waals surface area contributed by atoms with Gasteiger partial charge in [0.15, 0.2) is 21.5 Å². The van der Waals surface area contributed by atoms with E-state index < -0.39 is 9.84 Å². The highest BCUT2D eigenvalue weighted by molar-refractivity contribution is 7.90. The lowest BCUT2D eigenvalue weighted by Gasteiger charge is -2.05. The number of benzene rings is 3. The van der Waals surface area contributed by atoms with E-state index in [-0.39, 0.29) is 4.90 Å². The maximum absolute atomic E-state index is 11.8. The van der Waals surface area contributed by atoms with Crippen LogP contribution >= 0.6 is 0 Å². The molecule has 0 aliphatic rings. The zero-order valence-electron chi connectivity index (χ0n) is 17.2.